The van der Waals surface area contributed by atoms with E-state index in [-0.39, 0.29) is 0 Å². The van der Waals surface area contributed by atoms with Crippen molar-refractivity contribution in [3.05, 3.63) is 259 Å². The standard InChI is InChI=1S/C66H39N7/c1-67-57-37-46(42-29-31-44(32-30-42)56-41-55(43-17-5-3-6-18-43)69-66(70-56)45-19-7-4-8-20-45)38-58(68-2)65(57)73-63-35-33-47(71-59-25-13-9-21-49(59)50-22-10-14-26-60(50)71)39-53(63)54-40-48(34-36-64(54)73)72-61-27-15-11-23-51(61)52-24-12-16-28-62(52)72/h3-41H. The number of fused-ring (bicyclic) bond motifs is 9. The average Bonchev–Trinajstić information content (AvgIpc) is 4.10. The zero-order valence-electron chi connectivity index (χ0n) is 39.1. The maximum absolute atomic E-state index is 8.71. The summed E-state index contributed by atoms with van der Waals surface area (Å²) in [5.74, 6) is 0.649. The predicted octanol–water partition coefficient (Wildman–Crippen LogP) is 17.5. The summed E-state index contributed by atoms with van der Waals surface area (Å²) < 4.78 is 6.82. The van der Waals surface area contributed by atoms with Crippen molar-refractivity contribution in [3.8, 4) is 62.1 Å². The molecule has 7 heteroatoms. The Morgan fingerprint density at radius 2 is 0.658 bits per heavy atom. The van der Waals surface area contributed by atoms with Crippen molar-refractivity contribution in [3.63, 3.8) is 0 Å². The molecule has 0 radical (unpaired) electrons. The van der Waals surface area contributed by atoms with Crippen molar-refractivity contribution in [2.45, 2.75) is 0 Å². The Morgan fingerprint density at radius 1 is 0.288 bits per heavy atom. The molecule has 4 heterocycles. The van der Waals surface area contributed by atoms with E-state index in [1.54, 1.807) is 0 Å². The van der Waals surface area contributed by atoms with Gasteiger partial charge in [0.05, 0.1) is 63.3 Å². The molecular weight excluding hydrogens is 891 g/mol. The molecule has 0 atom stereocenters. The number of benzene rings is 10. The summed E-state index contributed by atoms with van der Waals surface area (Å²) in [7, 11) is 0. The van der Waals surface area contributed by atoms with Crippen LogP contribution in [-0.2, 0) is 0 Å². The summed E-state index contributed by atoms with van der Waals surface area (Å²) in [5.41, 5.74) is 15.9. The molecule has 14 aromatic rings. The van der Waals surface area contributed by atoms with Gasteiger partial charge in [-0.3, -0.25) is 0 Å². The number of rotatable bonds is 7. The van der Waals surface area contributed by atoms with E-state index in [4.69, 9.17) is 23.1 Å². The molecule has 0 fully saturated rings. The van der Waals surface area contributed by atoms with Gasteiger partial charge in [0.15, 0.2) is 5.82 Å². The van der Waals surface area contributed by atoms with Crippen LogP contribution in [0.3, 0.4) is 0 Å². The lowest BCUT2D eigenvalue weighted by atomic mass is 10.00. The molecule has 0 aliphatic heterocycles. The topological polar surface area (TPSA) is 49.3 Å². The van der Waals surface area contributed by atoms with Crippen molar-refractivity contribution < 1.29 is 0 Å². The smallest absolute Gasteiger partial charge is 0.200 e. The first-order valence-corrected chi connectivity index (χ1v) is 24.2. The van der Waals surface area contributed by atoms with Crippen molar-refractivity contribution in [1.29, 1.82) is 0 Å². The highest BCUT2D eigenvalue weighted by molar-refractivity contribution is 6.15. The van der Waals surface area contributed by atoms with Crippen LogP contribution in [0.25, 0.3) is 137 Å². The Hall–Kier alpha value is -10.3. The Morgan fingerprint density at radius 3 is 1.10 bits per heavy atom. The first-order chi connectivity index (χ1) is 36.1. The number of hydrogen-bond donors (Lipinski definition) is 0. The molecule has 0 N–H and O–H groups in total. The lowest BCUT2D eigenvalue weighted by Gasteiger charge is -2.16. The monoisotopic (exact) mass is 929 g/mol. The molecule has 73 heavy (non-hydrogen) atoms. The van der Waals surface area contributed by atoms with Crippen LogP contribution in [0.2, 0.25) is 0 Å². The first kappa shape index (κ1) is 41.6. The summed E-state index contributed by atoms with van der Waals surface area (Å²) in [5, 5.41) is 6.79. The van der Waals surface area contributed by atoms with E-state index in [2.05, 4.69) is 181 Å². The molecule has 7 nitrogen and oxygen atoms in total. The third kappa shape index (κ3) is 6.65. The van der Waals surface area contributed by atoms with Crippen LogP contribution in [-0.4, -0.2) is 23.7 Å². The van der Waals surface area contributed by atoms with Crippen LogP contribution in [0.5, 0.6) is 0 Å². The lowest BCUT2D eigenvalue weighted by Crippen LogP contribution is -1.97. The van der Waals surface area contributed by atoms with Crippen molar-refractivity contribution >= 4 is 76.8 Å². The molecule has 0 unspecified atom stereocenters. The van der Waals surface area contributed by atoms with Gasteiger partial charge in [-0.05, 0) is 90.0 Å². The normalized spacial score (nSPS) is 11.5. The summed E-state index contributed by atoms with van der Waals surface area (Å²) in [4.78, 5) is 18.4. The fraction of sp³-hybridized carbons (Fsp3) is 0. The quantitative estimate of drug-likeness (QED) is 0.150. The maximum atomic E-state index is 8.71. The lowest BCUT2D eigenvalue weighted by molar-refractivity contribution is 1.17. The predicted molar refractivity (Wildman–Crippen MR) is 299 cm³/mol. The number of nitrogens with zero attached hydrogens (tertiary/aromatic N) is 7. The summed E-state index contributed by atoms with van der Waals surface area (Å²) in [6, 6.07) is 81.7. The number of hydrogen-bond acceptors (Lipinski definition) is 2. The van der Waals surface area contributed by atoms with Gasteiger partial charge >= 0.3 is 0 Å². The molecule has 0 bridgehead atoms. The Labute approximate surface area is 420 Å². The van der Waals surface area contributed by atoms with E-state index in [1.807, 2.05) is 78.9 Å². The van der Waals surface area contributed by atoms with Crippen molar-refractivity contribution in [1.82, 2.24) is 23.7 Å². The van der Waals surface area contributed by atoms with Crippen LogP contribution >= 0.6 is 0 Å². The van der Waals surface area contributed by atoms with E-state index >= 15 is 0 Å². The number of aromatic nitrogens is 5. The van der Waals surface area contributed by atoms with Gasteiger partial charge < -0.3 is 13.7 Å². The first-order valence-electron chi connectivity index (χ1n) is 24.2. The minimum absolute atomic E-state index is 0.389. The van der Waals surface area contributed by atoms with Gasteiger partial charge in [-0.1, -0.05) is 158 Å². The molecule has 0 saturated heterocycles. The van der Waals surface area contributed by atoms with Crippen LogP contribution in [0, 0.1) is 13.1 Å². The minimum Gasteiger partial charge on any atom is -0.329 e. The van der Waals surface area contributed by atoms with Crippen LogP contribution in [0.4, 0.5) is 11.4 Å². The highest BCUT2D eigenvalue weighted by atomic mass is 15.0. The van der Waals surface area contributed by atoms with Crippen LogP contribution in [0.1, 0.15) is 0 Å². The average molecular weight is 930 g/mol. The Kier molecular flexibility index (Phi) is 9.50. The molecule has 0 aliphatic carbocycles. The largest absolute Gasteiger partial charge is 0.329 e. The van der Waals surface area contributed by atoms with Crippen LogP contribution in [0.15, 0.2) is 237 Å². The number of para-hydroxylation sites is 4. The van der Waals surface area contributed by atoms with E-state index in [1.165, 1.54) is 21.5 Å². The van der Waals surface area contributed by atoms with Gasteiger partial charge in [0.2, 0.25) is 11.4 Å². The van der Waals surface area contributed by atoms with Gasteiger partial charge in [0.1, 0.15) is 0 Å². The van der Waals surface area contributed by atoms with E-state index in [0.29, 0.717) is 22.9 Å². The third-order valence-electron chi connectivity index (χ3n) is 14.3. The zero-order valence-corrected chi connectivity index (χ0v) is 39.1. The third-order valence-corrected chi connectivity index (χ3v) is 14.3. The van der Waals surface area contributed by atoms with E-state index in [0.717, 1.165) is 94.5 Å². The van der Waals surface area contributed by atoms with Crippen molar-refractivity contribution in [2.24, 2.45) is 0 Å². The second kappa shape index (κ2) is 16.7. The van der Waals surface area contributed by atoms with Gasteiger partial charge in [-0.2, -0.15) is 0 Å². The molecular formula is C66H39N7. The summed E-state index contributed by atoms with van der Waals surface area (Å²) >= 11 is 0. The Bertz CT molecular complexity index is 4250. The van der Waals surface area contributed by atoms with E-state index in [9.17, 15) is 0 Å². The second-order valence-electron chi connectivity index (χ2n) is 18.3. The minimum atomic E-state index is 0.389. The highest BCUT2D eigenvalue weighted by Crippen LogP contribution is 2.45. The van der Waals surface area contributed by atoms with Gasteiger partial charge in [0.25, 0.3) is 0 Å². The molecule has 14 rings (SSSR count). The summed E-state index contributed by atoms with van der Waals surface area (Å²) in [6.07, 6.45) is 0. The summed E-state index contributed by atoms with van der Waals surface area (Å²) in [6.45, 7) is 17.4. The molecule has 0 amide bonds. The van der Waals surface area contributed by atoms with Gasteiger partial charge in [0, 0.05) is 60.4 Å². The fourth-order valence-electron chi connectivity index (χ4n) is 11.0. The second-order valence-corrected chi connectivity index (χ2v) is 18.3. The maximum Gasteiger partial charge on any atom is 0.200 e. The zero-order chi connectivity index (χ0) is 48.6. The van der Waals surface area contributed by atoms with Crippen molar-refractivity contribution in [2.75, 3.05) is 0 Å². The van der Waals surface area contributed by atoms with Gasteiger partial charge in [-0.15, -0.1) is 0 Å². The molecule has 10 aromatic carbocycles. The molecule has 0 spiro atoms. The molecule has 4 aromatic heterocycles. The van der Waals surface area contributed by atoms with Gasteiger partial charge in [-0.25, -0.2) is 19.7 Å². The van der Waals surface area contributed by atoms with Crippen LogP contribution < -0.4 is 0 Å². The highest BCUT2D eigenvalue weighted by Gasteiger charge is 2.23. The Balaban J connectivity index is 0.943. The molecule has 338 valence electrons. The molecule has 0 aliphatic rings. The van der Waals surface area contributed by atoms with E-state index < -0.39 is 0 Å². The molecule has 0 saturated carbocycles. The fourth-order valence-corrected chi connectivity index (χ4v) is 11.0. The SMILES string of the molecule is [C-]#[N+]c1cc(-c2ccc(-c3cc(-c4ccccc4)nc(-c4ccccc4)n3)cc2)cc([N+]#[C-])c1-n1c2ccc(-n3c4ccccc4c4ccccc43)cc2c2cc(-n3c4ccccc4c4ccccc43)ccc21.